The molecule has 0 aromatic heterocycles. The number of fused-ring (bicyclic) bond motifs is 1. The lowest BCUT2D eigenvalue weighted by atomic mass is 9.95. The van der Waals surface area contributed by atoms with Gasteiger partial charge in [0, 0.05) is 18.7 Å². The fourth-order valence-electron chi connectivity index (χ4n) is 2.40. The predicted octanol–water partition coefficient (Wildman–Crippen LogP) is 2.25. The normalized spacial score (nSPS) is 14.1. The Balaban J connectivity index is 2.01. The Labute approximate surface area is 109 Å². The molecule has 18 heavy (non-hydrogen) atoms. The Bertz CT molecular complexity index is 415. The maximum atomic E-state index is 12.1. The van der Waals surface area contributed by atoms with Crippen LogP contribution in [0.25, 0.3) is 0 Å². The van der Waals surface area contributed by atoms with E-state index in [2.05, 4.69) is 23.6 Å². The maximum absolute atomic E-state index is 12.1. The van der Waals surface area contributed by atoms with Crippen molar-refractivity contribution in [2.24, 2.45) is 0 Å². The summed E-state index contributed by atoms with van der Waals surface area (Å²) < 4.78 is 0. The van der Waals surface area contributed by atoms with Gasteiger partial charge < -0.3 is 10.6 Å². The standard InChI is InChI=1S/C15H22N2O/c1-2-3-4-9-17-15(18)13-7-5-6-12-8-10-16-11-14(12)13/h5-7,16H,2-4,8-11H2,1H3,(H,17,18). The van der Waals surface area contributed by atoms with Crippen LogP contribution in [0, 0.1) is 0 Å². The Morgan fingerprint density at radius 1 is 1.39 bits per heavy atom. The molecule has 0 fully saturated rings. The van der Waals surface area contributed by atoms with Crippen molar-refractivity contribution in [3.8, 4) is 0 Å². The summed E-state index contributed by atoms with van der Waals surface area (Å²) in [4.78, 5) is 12.1. The molecule has 3 nitrogen and oxygen atoms in total. The number of hydrogen-bond donors (Lipinski definition) is 2. The first-order valence-electron chi connectivity index (χ1n) is 6.92. The van der Waals surface area contributed by atoms with Gasteiger partial charge in [0.1, 0.15) is 0 Å². The fourth-order valence-corrected chi connectivity index (χ4v) is 2.40. The third-order valence-corrected chi connectivity index (χ3v) is 3.46. The molecule has 0 atom stereocenters. The summed E-state index contributed by atoms with van der Waals surface area (Å²) >= 11 is 0. The number of rotatable bonds is 5. The van der Waals surface area contributed by atoms with E-state index in [1.54, 1.807) is 0 Å². The minimum atomic E-state index is 0.0756. The Kier molecular flexibility index (Phi) is 4.76. The second kappa shape index (κ2) is 6.55. The molecule has 0 aliphatic carbocycles. The summed E-state index contributed by atoms with van der Waals surface area (Å²) in [5.41, 5.74) is 3.34. The lowest BCUT2D eigenvalue weighted by molar-refractivity contribution is 0.0951. The van der Waals surface area contributed by atoms with Gasteiger partial charge in [0.05, 0.1) is 0 Å². The summed E-state index contributed by atoms with van der Waals surface area (Å²) in [5, 5.41) is 6.35. The molecule has 0 saturated heterocycles. The highest BCUT2D eigenvalue weighted by atomic mass is 16.1. The predicted molar refractivity (Wildman–Crippen MR) is 73.7 cm³/mol. The van der Waals surface area contributed by atoms with Crippen LogP contribution in [0.3, 0.4) is 0 Å². The van der Waals surface area contributed by atoms with Crippen LogP contribution in [0.1, 0.15) is 47.7 Å². The lowest BCUT2D eigenvalue weighted by Crippen LogP contribution is -2.30. The van der Waals surface area contributed by atoms with Crippen molar-refractivity contribution in [3.05, 3.63) is 34.9 Å². The van der Waals surface area contributed by atoms with Gasteiger partial charge in [-0.05, 0) is 36.6 Å². The molecule has 0 saturated carbocycles. The summed E-state index contributed by atoms with van der Waals surface area (Å²) in [6.07, 6.45) is 4.44. The van der Waals surface area contributed by atoms with Crippen molar-refractivity contribution in [1.29, 1.82) is 0 Å². The molecular formula is C15H22N2O. The van der Waals surface area contributed by atoms with Crippen LogP contribution in [0.2, 0.25) is 0 Å². The highest BCUT2D eigenvalue weighted by molar-refractivity contribution is 5.96. The van der Waals surface area contributed by atoms with Crippen molar-refractivity contribution in [2.75, 3.05) is 13.1 Å². The Morgan fingerprint density at radius 3 is 3.11 bits per heavy atom. The summed E-state index contributed by atoms with van der Waals surface area (Å²) in [6.45, 7) is 4.77. The monoisotopic (exact) mass is 246 g/mol. The maximum Gasteiger partial charge on any atom is 0.251 e. The van der Waals surface area contributed by atoms with Gasteiger partial charge in [-0.25, -0.2) is 0 Å². The molecule has 1 aliphatic rings. The molecule has 1 aromatic carbocycles. The van der Waals surface area contributed by atoms with Gasteiger partial charge in [-0.1, -0.05) is 31.9 Å². The van der Waals surface area contributed by atoms with Crippen molar-refractivity contribution in [2.45, 2.75) is 39.2 Å². The van der Waals surface area contributed by atoms with Gasteiger partial charge in [0.2, 0.25) is 0 Å². The second-order valence-corrected chi connectivity index (χ2v) is 4.83. The number of carbonyl (C=O) groups excluding carboxylic acids is 1. The average Bonchev–Trinajstić information content (AvgIpc) is 2.43. The van der Waals surface area contributed by atoms with Gasteiger partial charge in [-0.2, -0.15) is 0 Å². The fraction of sp³-hybridized carbons (Fsp3) is 0.533. The molecule has 0 unspecified atom stereocenters. The van der Waals surface area contributed by atoms with E-state index in [9.17, 15) is 4.79 Å². The van der Waals surface area contributed by atoms with E-state index in [0.717, 1.165) is 38.0 Å². The Hall–Kier alpha value is -1.35. The zero-order valence-electron chi connectivity index (χ0n) is 11.1. The summed E-state index contributed by atoms with van der Waals surface area (Å²) in [7, 11) is 0. The first-order valence-corrected chi connectivity index (χ1v) is 6.92. The van der Waals surface area contributed by atoms with Gasteiger partial charge in [0.15, 0.2) is 0 Å². The van der Waals surface area contributed by atoms with Crippen LogP contribution in [0.15, 0.2) is 18.2 Å². The number of unbranched alkanes of at least 4 members (excludes halogenated alkanes) is 2. The van der Waals surface area contributed by atoms with E-state index in [-0.39, 0.29) is 5.91 Å². The zero-order chi connectivity index (χ0) is 12.8. The minimum Gasteiger partial charge on any atom is -0.352 e. The van der Waals surface area contributed by atoms with Gasteiger partial charge in [-0.15, -0.1) is 0 Å². The van der Waals surface area contributed by atoms with Gasteiger partial charge in [-0.3, -0.25) is 4.79 Å². The molecular weight excluding hydrogens is 224 g/mol. The van der Waals surface area contributed by atoms with Crippen LogP contribution in [0.5, 0.6) is 0 Å². The molecule has 0 spiro atoms. The highest BCUT2D eigenvalue weighted by Crippen LogP contribution is 2.18. The van der Waals surface area contributed by atoms with E-state index in [4.69, 9.17) is 0 Å². The van der Waals surface area contributed by atoms with E-state index in [1.807, 2.05) is 12.1 Å². The van der Waals surface area contributed by atoms with Gasteiger partial charge in [0.25, 0.3) is 5.91 Å². The van der Waals surface area contributed by atoms with Crippen molar-refractivity contribution in [3.63, 3.8) is 0 Å². The molecule has 2 N–H and O–H groups in total. The van der Waals surface area contributed by atoms with Crippen LogP contribution >= 0.6 is 0 Å². The molecule has 1 aromatic rings. The second-order valence-electron chi connectivity index (χ2n) is 4.83. The number of benzene rings is 1. The minimum absolute atomic E-state index is 0.0756. The Morgan fingerprint density at radius 2 is 2.28 bits per heavy atom. The van der Waals surface area contributed by atoms with E-state index in [1.165, 1.54) is 24.0 Å². The molecule has 0 bridgehead atoms. The summed E-state index contributed by atoms with van der Waals surface area (Å²) in [5.74, 6) is 0.0756. The van der Waals surface area contributed by atoms with Crippen LogP contribution in [-0.4, -0.2) is 19.0 Å². The summed E-state index contributed by atoms with van der Waals surface area (Å²) in [6, 6.07) is 6.05. The van der Waals surface area contributed by atoms with Crippen LogP contribution in [-0.2, 0) is 13.0 Å². The number of carbonyl (C=O) groups is 1. The third kappa shape index (κ3) is 3.10. The highest BCUT2D eigenvalue weighted by Gasteiger charge is 2.16. The average molecular weight is 246 g/mol. The van der Waals surface area contributed by atoms with Crippen molar-refractivity contribution in [1.82, 2.24) is 10.6 Å². The SMILES string of the molecule is CCCCCNC(=O)c1cccc2c1CNCC2. The smallest absolute Gasteiger partial charge is 0.251 e. The van der Waals surface area contributed by atoms with E-state index >= 15 is 0 Å². The first kappa shape index (κ1) is 13.1. The molecule has 98 valence electrons. The lowest BCUT2D eigenvalue weighted by Gasteiger charge is -2.20. The number of amides is 1. The van der Waals surface area contributed by atoms with E-state index < -0.39 is 0 Å². The topological polar surface area (TPSA) is 41.1 Å². The van der Waals surface area contributed by atoms with Crippen LogP contribution in [0.4, 0.5) is 0 Å². The van der Waals surface area contributed by atoms with E-state index in [0.29, 0.717) is 0 Å². The molecule has 1 amide bonds. The zero-order valence-corrected chi connectivity index (χ0v) is 11.1. The largest absolute Gasteiger partial charge is 0.352 e. The quantitative estimate of drug-likeness (QED) is 0.782. The van der Waals surface area contributed by atoms with Crippen LogP contribution < -0.4 is 10.6 Å². The van der Waals surface area contributed by atoms with Crippen molar-refractivity contribution >= 4 is 5.91 Å². The molecule has 0 radical (unpaired) electrons. The molecule has 1 aliphatic heterocycles. The molecule has 3 heteroatoms. The van der Waals surface area contributed by atoms with Crippen molar-refractivity contribution < 1.29 is 4.79 Å². The molecule has 2 rings (SSSR count). The first-order chi connectivity index (χ1) is 8.83. The number of hydrogen-bond acceptors (Lipinski definition) is 2. The third-order valence-electron chi connectivity index (χ3n) is 3.46. The van der Waals surface area contributed by atoms with Gasteiger partial charge >= 0.3 is 0 Å². The number of nitrogens with one attached hydrogen (secondary N) is 2. The molecule has 1 heterocycles.